The Labute approximate surface area is 84.0 Å². The van der Waals surface area contributed by atoms with Gasteiger partial charge in [-0.2, -0.15) is 0 Å². The molecule has 0 amide bonds. The second kappa shape index (κ2) is 5.54. The summed E-state index contributed by atoms with van der Waals surface area (Å²) in [5.74, 6) is 0.552. The number of ether oxygens (including phenoxy) is 1. The molecule has 0 saturated carbocycles. The summed E-state index contributed by atoms with van der Waals surface area (Å²) in [6.07, 6.45) is 5.14. The normalized spacial score (nSPS) is 12.5. The molecule has 0 radical (unpaired) electrons. The maximum atomic E-state index is 9.39. The number of aryl methyl sites for hydroxylation is 1. The number of rotatable bonds is 5. The lowest BCUT2D eigenvalue weighted by Crippen LogP contribution is -2.07. The lowest BCUT2D eigenvalue weighted by molar-refractivity contribution is 0.160. The van der Waals surface area contributed by atoms with Crippen LogP contribution in [0.5, 0.6) is 5.88 Å². The fourth-order valence-corrected chi connectivity index (χ4v) is 1.20. The van der Waals surface area contributed by atoms with Crippen LogP contribution in [0.1, 0.15) is 25.5 Å². The van der Waals surface area contributed by atoms with Gasteiger partial charge < -0.3 is 9.84 Å². The molecule has 1 N–H and O–H groups in total. The molecule has 4 nitrogen and oxygen atoms in total. The molecular formula is C10H16N2O2. The zero-order valence-corrected chi connectivity index (χ0v) is 8.60. The molecule has 0 bridgehead atoms. The summed E-state index contributed by atoms with van der Waals surface area (Å²) in [5.41, 5.74) is 0.808. The quantitative estimate of drug-likeness (QED) is 0.768. The van der Waals surface area contributed by atoms with E-state index in [2.05, 4.69) is 9.97 Å². The summed E-state index contributed by atoms with van der Waals surface area (Å²) >= 11 is 0. The lowest BCUT2D eigenvalue weighted by atomic mass is 10.1. The van der Waals surface area contributed by atoms with E-state index in [0.717, 1.165) is 12.1 Å². The summed E-state index contributed by atoms with van der Waals surface area (Å²) in [4.78, 5) is 8.19. The van der Waals surface area contributed by atoms with Gasteiger partial charge in [-0.1, -0.05) is 6.92 Å². The van der Waals surface area contributed by atoms with E-state index < -0.39 is 0 Å². The molecule has 1 aromatic heterocycles. The zero-order valence-electron chi connectivity index (χ0n) is 8.60. The van der Waals surface area contributed by atoms with Gasteiger partial charge in [0.15, 0.2) is 0 Å². The Morgan fingerprint density at radius 3 is 2.79 bits per heavy atom. The van der Waals surface area contributed by atoms with Crippen LogP contribution in [-0.4, -0.2) is 28.3 Å². The number of methoxy groups -OCH3 is 1. The average molecular weight is 196 g/mol. The lowest BCUT2D eigenvalue weighted by Gasteiger charge is -2.08. The molecule has 1 heterocycles. The van der Waals surface area contributed by atoms with Crippen molar-refractivity contribution in [3.63, 3.8) is 0 Å². The number of aromatic nitrogens is 2. The third-order valence-electron chi connectivity index (χ3n) is 2.11. The minimum Gasteiger partial charge on any atom is -0.480 e. The van der Waals surface area contributed by atoms with E-state index in [4.69, 9.17) is 4.74 Å². The molecule has 1 unspecified atom stereocenters. The highest BCUT2D eigenvalue weighted by molar-refractivity contribution is 5.17. The number of hydrogen-bond acceptors (Lipinski definition) is 4. The Morgan fingerprint density at radius 1 is 1.43 bits per heavy atom. The van der Waals surface area contributed by atoms with Gasteiger partial charge in [-0.05, 0) is 19.3 Å². The Bertz CT molecular complexity index is 279. The first kappa shape index (κ1) is 10.9. The van der Waals surface area contributed by atoms with Crippen LogP contribution in [0.15, 0.2) is 12.4 Å². The maximum Gasteiger partial charge on any atom is 0.235 e. The number of aliphatic hydroxyl groups excluding tert-OH is 1. The van der Waals surface area contributed by atoms with Crippen LogP contribution < -0.4 is 4.74 Å². The Kier molecular flexibility index (Phi) is 4.32. The highest BCUT2D eigenvalue weighted by atomic mass is 16.5. The molecule has 0 aliphatic heterocycles. The Morgan fingerprint density at radius 2 is 2.14 bits per heavy atom. The summed E-state index contributed by atoms with van der Waals surface area (Å²) in [5, 5.41) is 9.39. The third kappa shape index (κ3) is 2.96. The monoisotopic (exact) mass is 196 g/mol. The van der Waals surface area contributed by atoms with Crippen molar-refractivity contribution in [1.82, 2.24) is 9.97 Å². The maximum absolute atomic E-state index is 9.39. The molecule has 0 fully saturated rings. The van der Waals surface area contributed by atoms with Crippen LogP contribution >= 0.6 is 0 Å². The van der Waals surface area contributed by atoms with E-state index in [9.17, 15) is 5.11 Å². The molecule has 78 valence electrons. The van der Waals surface area contributed by atoms with Crippen LogP contribution in [0.4, 0.5) is 0 Å². The fourth-order valence-electron chi connectivity index (χ4n) is 1.20. The molecule has 0 aliphatic carbocycles. The zero-order chi connectivity index (χ0) is 10.4. The fraction of sp³-hybridized carbons (Fsp3) is 0.600. The van der Waals surface area contributed by atoms with Crippen molar-refractivity contribution >= 4 is 0 Å². The molecule has 0 aliphatic rings. The third-order valence-corrected chi connectivity index (χ3v) is 2.11. The summed E-state index contributed by atoms with van der Waals surface area (Å²) in [6, 6.07) is 0. The van der Waals surface area contributed by atoms with Crippen LogP contribution in [0.2, 0.25) is 0 Å². The molecule has 0 spiro atoms. The van der Waals surface area contributed by atoms with Crippen LogP contribution in [0.3, 0.4) is 0 Å². The van der Waals surface area contributed by atoms with Crippen molar-refractivity contribution in [3.05, 3.63) is 18.1 Å². The predicted octanol–water partition coefficient (Wildman–Crippen LogP) is 1.19. The Balaban J connectivity index is 2.57. The van der Waals surface area contributed by atoms with Gasteiger partial charge in [-0.3, -0.25) is 4.98 Å². The highest BCUT2D eigenvalue weighted by Gasteiger charge is 2.07. The first-order valence-corrected chi connectivity index (χ1v) is 4.79. The highest BCUT2D eigenvalue weighted by Crippen LogP contribution is 2.13. The smallest absolute Gasteiger partial charge is 0.235 e. The molecule has 1 rings (SSSR count). The standard InChI is InChI=1S/C10H16N2O2/c1-3-8(13)4-5-9-10(14-2)12-7-6-11-9/h6-8,13H,3-5H2,1-2H3. The van der Waals surface area contributed by atoms with Crippen molar-refractivity contribution in [1.29, 1.82) is 0 Å². The van der Waals surface area contributed by atoms with Gasteiger partial charge in [-0.15, -0.1) is 0 Å². The predicted molar refractivity (Wildman–Crippen MR) is 53.2 cm³/mol. The van der Waals surface area contributed by atoms with Crippen molar-refractivity contribution in [2.24, 2.45) is 0 Å². The summed E-state index contributed by atoms with van der Waals surface area (Å²) < 4.78 is 5.06. The molecule has 4 heteroatoms. The number of aliphatic hydroxyl groups is 1. The van der Waals surface area contributed by atoms with Gasteiger partial charge in [0, 0.05) is 12.4 Å². The van der Waals surface area contributed by atoms with Gasteiger partial charge >= 0.3 is 0 Å². The topological polar surface area (TPSA) is 55.2 Å². The Hall–Kier alpha value is -1.16. The molecular weight excluding hydrogens is 180 g/mol. The first-order chi connectivity index (χ1) is 6.77. The van der Waals surface area contributed by atoms with E-state index in [1.807, 2.05) is 6.92 Å². The summed E-state index contributed by atoms with van der Waals surface area (Å²) in [7, 11) is 1.57. The van der Waals surface area contributed by atoms with E-state index >= 15 is 0 Å². The molecule has 1 aromatic rings. The minimum atomic E-state index is -0.262. The van der Waals surface area contributed by atoms with Crippen molar-refractivity contribution < 1.29 is 9.84 Å². The van der Waals surface area contributed by atoms with E-state index in [1.54, 1.807) is 19.5 Å². The van der Waals surface area contributed by atoms with Crippen molar-refractivity contribution in [3.8, 4) is 5.88 Å². The molecule has 1 atom stereocenters. The van der Waals surface area contributed by atoms with E-state index in [0.29, 0.717) is 18.7 Å². The van der Waals surface area contributed by atoms with Crippen molar-refractivity contribution in [2.45, 2.75) is 32.3 Å². The van der Waals surface area contributed by atoms with Gasteiger partial charge in [0.25, 0.3) is 0 Å². The van der Waals surface area contributed by atoms with Gasteiger partial charge in [0.2, 0.25) is 5.88 Å². The van der Waals surface area contributed by atoms with Crippen LogP contribution in [0.25, 0.3) is 0 Å². The van der Waals surface area contributed by atoms with Crippen LogP contribution in [-0.2, 0) is 6.42 Å². The SMILES string of the molecule is CCC(O)CCc1nccnc1OC. The van der Waals surface area contributed by atoms with E-state index in [-0.39, 0.29) is 6.10 Å². The second-order valence-electron chi connectivity index (χ2n) is 3.11. The van der Waals surface area contributed by atoms with Gasteiger partial charge in [-0.25, -0.2) is 4.98 Å². The molecule has 14 heavy (non-hydrogen) atoms. The van der Waals surface area contributed by atoms with Gasteiger partial charge in [0.05, 0.1) is 13.2 Å². The minimum absolute atomic E-state index is 0.262. The molecule has 0 saturated heterocycles. The van der Waals surface area contributed by atoms with Crippen molar-refractivity contribution in [2.75, 3.05) is 7.11 Å². The van der Waals surface area contributed by atoms with E-state index in [1.165, 1.54) is 0 Å². The van der Waals surface area contributed by atoms with Crippen LogP contribution in [0, 0.1) is 0 Å². The average Bonchev–Trinajstić information content (AvgIpc) is 2.26. The number of nitrogens with zero attached hydrogens (tertiary/aromatic N) is 2. The van der Waals surface area contributed by atoms with Gasteiger partial charge in [0.1, 0.15) is 5.69 Å². The molecule has 0 aromatic carbocycles. The first-order valence-electron chi connectivity index (χ1n) is 4.79. The number of hydrogen-bond donors (Lipinski definition) is 1. The summed E-state index contributed by atoms with van der Waals surface area (Å²) in [6.45, 7) is 1.96. The second-order valence-corrected chi connectivity index (χ2v) is 3.11. The largest absolute Gasteiger partial charge is 0.480 e.